The Morgan fingerprint density at radius 1 is 1.42 bits per heavy atom. The highest BCUT2D eigenvalue weighted by atomic mass is 16.2. The van der Waals surface area contributed by atoms with Crippen LogP contribution in [0, 0.1) is 18.3 Å². The molecule has 24 heavy (non-hydrogen) atoms. The van der Waals surface area contributed by atoms with E-state index >= 15 is 0 Å². The van der Waals surface area contributed by atoms with Crippen LogP contribution in [0.5, 0.6) is 0 Å². The Kier molecular flexibility index (Phi) is 3.88. The Labute approximate surface area is 138 Å². The van der Waals surface area contributed by atoms with Gasteiger partial charge in [0.15, 0.2) is 0 Å². The van der Waals surface area contributed by atoms with Gasteiger partial charge < -0.3 is 15.5 Å². The van der Waals surface area contributed by atoms with Gasteiger partial charge in [0.05, 0.1) is 29.4 Å². The van der Waals surface area contributed by atoms with Gasteiger partial charge in [0.1, 0.15) is 5.82 Å². The van der Waals surface area contributed by atoms with Gasteiger partial charge in [-0.25, -0.2) is 4.98 Å². The van der Waals surface area contributed by atoms with E-state index in [1.807, 2.05) is 6.92 Å². The molecule has 0 atom stereocenters. The zero-order valence-corrected chi connectivity index (χ0v) is 13.3. The van der Waals surface area contributed by atoms with Crippen LogP contribution in [0.4, 0.5) is 17.2 Å². The Morgan fingerprint density at radius 2 is 2.21 bits per heavy atom. The molecule has 1 aliphatic heterocycles. The number of pyridine rings is 1. The van der Waals surface area contributed by atoms with Crippen LogP contribution in [0.2, 0.25) is 0 Å². The first-order chi connectivity index (χ1) is 11.5. The predicted octanol–water partition coefficient (Wildman–Crippen LogP) is 1.90. The van der Waals surface area contributed by atoms with Crippen molar-refractivity contribution in [1.82, 2.24) is 4.98 Å². The topological polar surface area (TPSA) is 98.1 Å². The van der Waals surface area contributed by atoms with Crippen molar-refractivity contribution >= 4 is 29.0 Å². The number of likely N-dealkylation sites (N-methyl/N-ethyl adjacent to an activating group) is 1. The van der Waals surface area contributed by atoms with Gasteiger partial charge in [0.25, 0.3) is 5.91 Å². The maximum atomic E-state index is 12.4. The molecular weight excluding hydrogens is 306 g/mol. The number of fused-ring (bicyclic) bond motifs is 1. The zero-order valence-electron chi connectivity index (χ0n) is 13.3. The number of nitrogens with one attached hydrogen (secondary N) is 2. The molecule has 2 heterocycles. The molecule has 0 saturated carbocycles. The average Bonchev–Trinajstić information content (AvgIpc) is 2.59. The quantitative estimate of drug-likeness (QED) is 0.880. The Balaban J connectivity index is 1.86. The number of aryl methyl sites for hydroxylation is 1. The zero-order chi connectivity index (χ0) is 17.3. The first-order valence-corrected chi connectivity index (χ1v) is 7.32. The summed E-state index contributed by atoms with van der Waals surface area (Å²) in [6, 6.07) is 8.82. The Hall–Kier alpha value is -3.40. The van der Waals surface area contributed by atoms with Crippen molar-refractivity contribution in [3.05, 3.63) is 47.2 Å². The summed E-state index contributed by atoms with van der Waals surface area (Å²) in [7, 11) is 1.64. The number of nitrogens with zero attached hydrogens (tertiary/aromatic N) is 3. The summed E-state index contributed by atoms with van der Waals surface area (Å²) in [5, 5.41) is 14.7. The minimum Gasteiger partial charge on any atom is -0.359 e. The fourth-order valence-corrected chi connectivity index (χ4v) is 2.40. The number of anilines is 3. The maximum Gasteiger partial charge on any atom is 0.257 e. The largest absolute Gasteiger partial charge is 0.359 e. The summed E-state index contributed by atoms with van der Waals surface area (Å²) in [6.07, 6.45) is 1.45. The normalized spacial score (nSPS) is 12.9. The predicted molar refractivity (Wildman–Crippen MR) is 90.0 cm³/mol. The summed E-state index contributed by atoms with van der Waals surface area (Å²) in [6.45, 7) is 2.01. The molecule has 0 saturated heterocycles. The van der Waals surface area contributed by atoms with Crippen LogP contribution in [0.1, 0.15) is 21.5 Å². The van der Waals surface area contributed by atoms with Gasteiger partial charge in [-0.3, -0.25) is 9.59 Å². The lowest BCUT2D eigenvalue weighted by Crippen LogP contribution is -2.37. The fraction of sp³-hybridized carbons (Fsp3) is 0.176. The molecule has 1 aromatic heterocycles. The van der Waals surface area contributed by atoms with Crippen molar-refractivity contribution in [3.8, 4) is 6.07 Å². The molecule has 0 fully saturated rings. The van der Waals surface area contributed by atoms with Crippen molar-refractivity contribution < 1.29 is 9.59 Å². The molecule has 1 aromatic carbocycles. The summed E-state index contributed by atoms with van der Waals surface area (Å²) >= 11 is 0. The first-order valence-electron chi connectivity index (χ1n) is 7.32. The van der Waals surface area contributed by atoms with Crippen LogP contribution in [-0.2, 0) is 4.79 Å². The molecular formula is C17H15N5O2. The average molecular weight is 321 g/mol. The minimum absolute atomic E-state index is 0.0981. The minimum atomic E-state index is -0.357. The number of amides is 2. The molecule has 0 unspecified atom stereocenters. The molecule has 2 N–H and O–H groups in total. The lowest BCUT2D eigenvalue weighted by atomic mass is 10.1. The number of aromatic nitrogens is 1. The molecule has 120 valence electrons. The molecule has 3 rings (SSSR count). The van der Waals surface area contributed by atoms with Crippen molar-refractivity contribution in [2.75, 3.05) is 29.1 Å². The smallest absolute Gasteiger partial charge is 0.257 e. The molecule has 0 bridgehead atoms. The van der Waals surface area contributed by atoms with Crippen LogP contribution in [0.15, 0.2) is 30.5 Å². The fourth-order valence-electron chi connectivity index (χ4n) is 2.40. The first kappa shape index (κ1) is 15.5. The van der Waals surface area contributed by atoms with Gasteiger partial charge in [-0.1, -0.05) is 6.07 Å². The van der Waals surface area contributed by atoms with Gasteiger partial charge >= 0.3 is 0 Å². The highest BCUT2D eigenvalue weighted by Crippen LogP contribution is 2.27. The van der Waals surface area contributed by atoms with E-state index in [9.17, 15) is 9.59 Å². The third-order valence-electron chi connectivity index (χ3n) is 3.89. The summed E-state index contributed by atoms with van der Waals surface area (Å²) < 4.78 is 0. The molecule has 2 aromatic rings. The second kappa shape index (κ2) is 6.01. The van der Waals surface area contributed by atoms with Crippen LogP contribution in [0.25, 0.3) is 0 Å². The summed E-state index contributed by atoms with van der Waals surface area (Å²) in [5.41, 5.74) is 2.77. The number of hydrogen-bond acceptors (Lipinski definition) is 5. The van der Waals surface area contributed by atoms with Crippen molar-refractivity contribution in [2.24, 2.45) is 0 Å². The summed E-state index contributed by atoms with van der Waals surface area (Å²) in [4.78, 5) is 29.8. The van der Waals surface area contributed by atoms with Gasteiger partial charge in [-0.2, -0.15) is 5.26 Å². The van der Waals surface area contributed by atoms with E-state index in [0.717, 1.165) is 5.56 Å². The van der Waals surface area contributed by atoms with Crippen molar-refractivity contribution in [2.45, 2.75) is 6.92 Å². The molecule has 0 aliphatic carbocycles. The Bertz CT molecular complexity index is 885. The molecule has 0 radical (unpaired) electrons. The number of nitriles is 1. The number of carbonyl (C=O) groups excluding carboxylic acids is 2. The third-order valence-corrected chi connectivity index (χ3v) is 3.89. The monoisotopic (exact) mass is 321 g/mol. The van der Waals surface area contributed by atoms with E-state index in [-0.39, 0.29) is 18.4 Å². The number of benzene rings is 1. The van der Waals surface area contributed by atoms with E-state index < -0.39 is 0 Å². The SMILES string of the molecule is Cc1ccc(NC(=O)c2cnc3c(c2)N(C)C(=O)CN3)cc1C#N. The number of rotatable bonds is 2. The molecule has 0 spiro atoms. The second-order valence-corrected chi connectivity index (χ2v) is 5.49. The molecule has 1 aliphatic rings. The lowest BCUT2D eigenvalue weighted by molar-refractivity contribution is -0.116. The standard InChI is InChI=1S/C17H15N5O2/c1-10-3-4-13(5-11(10)7-18)21-17(24)12-6-14-16(19-8-12)20-9-15(23)22(14)2/h3-6,8H,9H2,1-2H3,(H,19,20)(H,21,24). The van der Waals surface area contributed by atoms with Crippen molar-refractivity contribution in [1.29, 1.82) is 5.26 Å². The van der Waals surface area contributed by atoms with Crippen LogP contribution < -0.4 is 15.5 Å². The van der Waals surface area contributed by atoms with Crippen molar-refractivity contribution in [3.63, 3.8) is 0 Å². The van der Waals surface area contributed by atoms with Crippen LogP contribution in [0.3, 0.4) is 0 Å². The van der Waals surface area contributed by atoms with Gasteiger partial charge in [-0.05, 0) is 30.7 Å². The third kappa shape index (κ3) is 2.77. The van der Waals surface area contributed by atoms with Crippen LogP contribution >= 0.6 is 0 Å². The molecule has 2 amide bonds. The highest BCUT2D eigenvalue weighted by molar-refractivity contribution is 6.07. The van der Waals surface area contributed by atoms with E-state index in [1.54, 1.807) is 31.3 Å². The van der Waals surface area contributed by atoms with E-state index in [2.05, 4.69) is 21.7 Å². The van der Waals surface area contributed by atoms with Gasteiger partial charge in [-0.15, -0.1) is 0 Å². The second-order valence-electron chi connectivity index (χ2n) is 5.49. The van der Waals surface area contributed by atoms with E-state index in [4.69, 9.17) is 5.26 Å². The number of hydrogen-bond donors (Lipinski definition) is 2. The lowest BCUT2D eigenvalue weighted by Gasteiger charge is -2.26. The maximum absolute atomic E-state index is 12.4. The highest BCUT2D eigenvalue weighted by Gasteiger charge is 2.23. The molecule has 7 heteroatoms. The summed E-state index contributed by atoms with van der Waals surface area (Å²) in [5.74, 6) is 0.110. The molecule has 7 nitrogen and oxygen atoms in total. The van der Waals surface area contributed by atoms with Gasteiger partial charge in [0, 0.05) is 18.9 Å². The Morgan fingerprint density at radius 3 is 2.96 bits per heavy atom. The van der Waals surface area contributed by atoms with E-state index in [0.29, 0.717) is 28.3 Å². The van der Waals surface area contributed by atoms with Gasteiger partial charge in [0.2, 0.25) is 5.91 Å². The van der Waals surface area contributed by atoms with E-state index in [1.165, 1.54) is 11.1 Å². The number of carbonyl (C=O) groups is 2. The van der Waals surface area contributed by atoms with Crippen LogP contribution in [-0.4, -0.2) is 30.4 Å².